The van der Waals surface area contributed by atoms with Crippen LogP contribution in [-0.2, 0) is 14.3 Å². The molecule has 1 saturated heterocycles. The standard InChI is InChI=1S/C22H29N3O5/c1-4-29-17-7-6-16-12-19(23-18(16)13-17)21(27)24(3)14-20(26)25-10-8-15(9-11-25)22(28)30-5-2/h6-7,12-13,15,23H,4-5,8-11,14H2,1-3H3. The third-order valence-corrected chi connectivity index (χ3v) is 5.32. The number of likely N-dealkylation sites (tertiary alicyclic amines) is 1. The van der Waals surface area contributed by atoms with Crippen molar-refractivity contribution in [1.82, 2.24) is 14.8 Å². The summed E-state index contributed by atoms with van der Waals surface area (Å²) in [5.41, 5.74) is 1.24. The average molecular weight is 415 g/mol. The first-order chi connectivity index (χ1) is 14.4. The monoisotopic (exact) mass is 415 g/mol. The number of aromatic nitrogens is 1. The summed E-state index contributed by atoms with van der Waals surface area (Å²) in [5.74, 6) is 0.0203. The predicted octanol–water partition coefficient (Wildman–Crippen LogP) is 2.44. The highest BCUT2D eigenvalue weighted by molar-refractivity contribution is 5.99. The average Bonchev–Trinajstić information content (AvgIpc) is 3.17. The number of esters is 1. The van der Waals surface area contributed by atoms with E-state index in [-0.39, 0.29) is 30.2 Å². The van der Waals surface area contributed by atoms with Gasteiger partial charge in [0.2, 0.25) is 5.91 Å². The number of ether oxygens (including phenoxy) is 2. The van der Waals surface area contributed by atoms with Crippen molar-refractivity contribution in [1.29, 1.82) is 0 Å². The molecular weight excluding hydrogens is 386 g/mol. The molecule has 162 valence electrons. The molecule has 0 bridgehead atoms. The van der Waals surface area contributed by atoms with Gasteiger partial charge in [-0.05, 0) is 44.9 Å². The Bertz CT molecular complexity index is 915. The van der Waals surface area contributed by atoms with E-state index in [4.69, 9.17) is 9.47 Å². The minimum absolute atomic E-state index is 0.0114. The quantitative estimate of drug-likeness (QED) is 0.702. The first kappa shape index (κ1) is 21.7. The Hall–Kier alpha value is -3.03. The Balaban J connectivity index is 1.57. The summed E-state index contributed by atoms with van der Waals surface area (Å²) in [5, 5.41) is 0.905. The van der Waals surface area contributed by atoms with Crippen LogP contribution in [0.1, 0.15) is 37.2 Å². The Labute approximate surface area is 176 Å². The van der Waals surface area contributed by atoms with Crippen LogP contribution in [-0.4, -0.2) is 72.5 Å². The molecule has 1 aromatic carbocycles. The van der Waals surface area contributed by atoms with Crippen molar-refractivity contribution < 1.29 is 23.9 Å². The maximum Gasteiger partial charge on any atom is 0.309 e. The molecule has 0 atom stereocenters. The Morgan fingerprint density at radius 3 is 2.53 bits per heavy atom. The van der Waals surface area contributed by atoms with Crippen LogP contribution in [0.4, 0.5) is 0 Å². The number of piperidine rings is 1. The van der Waals surface area contributed by atoms with Gasteiger partial charge in [0.05, 0.1) is 25.7 Å². The van der Waals surface area contributed by atoms with E-state index in [1.807, 2.05) is 25.1 Å². The molecule has 2 heterocycles. The molecule has 8 heteroatoms. The van der Waals surface area contributed by atoms with Gasteiger partial charge in [-0.1, -0.05) is 0 Å². The molecule has 0 radical (unpaired) electrons. The number of nitrogens with zero attached hydrogens (tertiary/aromatic N) is 2. The first-order valence-electron chi connectivity index (χ1n) is 10.4. The lowest BCUT2D eigenvalue weighted by molar-refractivity contribution is -0.151. The predicted molar refractivity (Wildman–Crippen MR) is 112 cm³/mol. The molecule has 1 aliphatic rings. The fourth-order valence-corrected chi connectivity index (χ4v) is 3.68. The summed E-state index contributed by atoms with van der Waals surface area (Å²) in [6, 6.07) is 7.39. The van der Waals surface area contributed by atoms with E-state index in [0.29, 0.717) is 44.8 Å². The number of rotatable bonds is 7. The van der Waals surface area contributed by atoms with Gasteiger partial charge in [0.15, 0.2) is 0 Å². The number of H-pyrrole nitrogens is 1. The first-order valence-corrected chi connectivity index (χ1v) is 10.4. The van der Waals surface area contributed by atoms with E-state index in [0.717, 1.165) is 16.7 Å². The number of amides is 2. The van der Waals surface area contributed by atoms with E-state index in [2.05, 4.69) is 4.98 Å². The number of aromatic amines is 1. The second-order valence-corrected chi connectivity index (χ2v) is 7.43. The molecule has 0 saturated carbocycles. The largest absolute Gasteiger partial charge is 0.494 e. The molecule has 2 amide bonds. The summed E-state index contributed by atoms with van der Waals surface area (Å²) in [6.45, 7) is 5.62. The topological polar surface area (TPSA) is 91.9 Å². The molecular formula is C22H29N3O5. The van der Waals surface area contributed by atoms with E-state index in [1.165, 1.54) is 4.90 Å². The fraction of sp³-hybridized carbons (Fsp3) is 0.500. The van der Waals surface area contributed by atoms with Crippen molar-refractivity contribution in [3.8, 4) is 5.75 Å². The zero-order valence-corrected chi connectivity index (χ0v) is 17.8. The third kappa shape index (κ3) is 4.93. The molecule has 8 nitrogen and oxygen atoms in total. The maximum absolute atomic E-state index is 12.8. The lowest BCUT2D eigenvalue weighted by atomic mass is 9.97. The summed E-state index contributed by atoms with van der Waals surface area (Å²) >= 11 is 0. The molecule has 3 rings (SSSR count). The van der Waals surface area contributed by atoms with Gasteiger partial charge in [-0.3, -0.25) is 14.4 Å². The van der Waals surface area contributed by atoms with Crippen molar-refractivity contribution in [3.63, 3.8) is 0 Å². The van der Waals surface area contributed by atoms with Crippen LogP contribution in [0.15, 0.2) is 24.3 Å². The number of benzene rings is 1. The van der Waals surface area contributed by atoms with Crippen molar-refractivity contribution in [2.24, 2.45) is 5.92 Å². The highest BCUT2D eigenvalue weighted by Crippen LogP contribution is 2.22. The molecule has 1 aromatic heterocycles. The SMILES string of the molecule is CCOC(=O)C1CCN(C(=O)CN(C)C(=O)c2cc3ccc(OCC)cc3[nH]2)CC1. The van der Waals surface area contributed by atoms with Gasteiger partial charge in [0, 0.05) is 37.1 Å². The highest BCUT2D eigenvalue weighted by atomic mass is 16.5. The number of carbonyl (C=O) groups excluding carboxylic acids is 3. The lowest BCUT2D eigenvalue weighted by Crippen LogP contribution is -2.45. The summed E-state index contributed by atoms with van der Waals surface area (Å²) in [7, 11) is 1.61. The minimum atomic E-state index is -0.251. The number of hydrogen-bond acceptors (Lipinski definition) is 5. The molecule has 1 aliphatic heterocycles. The van der Waals surface area contributed by atoms with E-state index < -0.39 is 0 Å². The van der Waals surface area contributed by atoms with Gasteiger partial charge in [0.25, 0.3) is 5.91 Å². The van der Waals surface area contributed by atoms with Gasteiger partial charge in [0.1, 0.15) is 11.4 Å². The van der Waals surface area contributed by atoms with Gasteiger partial charge in [-0.15, -0.1) is 0 Å². The lowest BCUT2D eigenvalue weighted by Gasteiger charge is -2.32. The van der Waals surface area contributed by atoms with E-state index in [1.54, 1.807) is 24.9 Å². The van der Waals surface area contributed by atoms with Crippen LogP contribution < -0.4 is 4.74 Å². The number of carbonyl (C=O) groups is 3. The zero-order chi connectivity index (χ0) is 21.7. The van der Waals surface area contributed by atoms with Crippen LogP contribution in [0.25, 0.3) is 10.9 Å². The number of likely N-dealkylation sites (N-methyl/N-ethyl adjacent to an activating group) is 1. The van der Waals surface area contributed by atoms with Crippen LogP contribution >= 0.6 is 0 Å². The van der Waals surface area contributed by atoms with Crippen LogP contribution in [0.3, 0.4) is 0 Å². The Kier molecular flexibility index (Phi) is 6.97. The second kappa shape index (κ2) is 9.65. The van der Waals surface area contributed by atoms with Gasteiger partial charge in [-0.2, -0.15) is 0 Å². The second-order valence-electron chi connectivity index (χ2n) is 7.43. The smallest absolute Gasteiger partial charge is 0.309 e. The summed E-state index contributed by atoms with van der Waals surface area (Å²) in [6.07, 6.45) is 1.18. The van der Waals surface area contributed by atoms with Gasteiger partial charge >= 0.3 is 5.97 Å². The summed E-state index contributed by atoms with van der Waals surface area (Å²) in [4.78, 5) is 43.5. The summed E-state index contributed by atoms with van der Waals surface area (Å²) < 4.78 is 10.6. The zero-order valence-electron chi connectivity index (χ0n) is 17.8. The molecule has 1 N–H and O–H groups in total. The molecule has 30 heavy (non-hydrogen) atoms. The van der Waals surface area contributed by atoms with Crippen LogP contribution in [0.2, 0.25) is 0 Å². The molecule has 1 fully saturated rings. The minimum Gasteiger partial charge on any atom is -0.494 e. The van der Waals surface area contributed by atoms with Crippen molar-refractivity contribution in [2.45, 2.75) is 26.7 Å². The normalized spacial score (nSPS) is 14.6. The molecule has 0 spiro atoms. The van der Waals surface area contributed by atoms with E-state index >= 15 is 0 Å². The van der Waals surface area contributed by atoms with Crippen molar-refractivity contribution >= 4 is 28.7 Å². The van der Waals surface area contributed by atoms with E-state index in [9.17, 15) is 14.4 Å². The molecule has 0 aliphatic carbocycles. The maximum atomic E-state index is 12.8. The fourth-order valence-electron chi connectivity index (χ4n) is 3.68. The van der Waals surface area contributed by atoms with Crippen molar-refractivity contribution in [3.05, 3.63) is 30.0 Å². The van der Waals surface area contributed by atoms with Gasteiger partial charge in [-0.25, -0.2) is 0 Å². The number of hydrogen-bond donors (Lipinski definition) is 1. The van der Waals surface area contributed by atoms with Crippen LogP contribution in [0, 0.1) is 5.92 Å². The Morgan fingerprint density at radius 2 is 1.87 bits per heavy atom. The number of nitrogens with one attached hydrogen (secondary N) is 1. The third-order valence-electron chi connectivity index (χ3n) is 5.32. The number of fused-ring (bicyclic) bond motifs is 1. The Morgan fingerprint density at radius 1 is 1.13 bits per heavy atom. The van der Waals surface area contributed by atoms with Gasteiger partial charge < -0.3 is 24.3 Å². The highest BCUT2D eigenvalue weighted by Gasteiger charge is 2.29. The van der Waals surface area contributed by atoms with Crippen molar-refractivity contribution in [2.75, 3.05) is 39.9 Å². The van der Waals surface area contributed by atoms with Crippen LogP contribution in [0.5, 0.6) is 5.75 Å². The molecule has 2 aromatic rings. The molecule has 0 unspecified atom stereocenters.